The minimum atomic E-state index is -0.454. The van der Waals surface area contributed by atoms with Crippen LogP contribution >= 0.6 is 0 Å². The minimum Gasteiger partial charge on any atom is -0.390 e. The number of benzene rings is 2. The molecule has 0 fully saturated rings. The Bertz CT molecular complexity index is 507. The molecule has 2 aromatic carbocycles. The predicted octanol–water partition coefficient (Wildman–Crippen LogP) is 1.59. The van der Waals surface area contributed by atoms with Crippen molar-refractivity contribution < 1.29 is 5.11 Å². The average Bonchev–Trinajstić information content (AvgIpc) is 2.39. The summed E-state index contributed by atoms with van der Waals surface area (Å²) in [6, 6.07) is 14.7. The Balaban J connectivity index is 2.16. The van der Waals surface area contributed by atoms with Crippen molar-refractivity contribution in [2.75, 3.05) is 20.1 Å². The number of nitrogens with zero attached hydrogens (tertiary/aromatic N) is 1. The zero-order valence-electron chi connectivity index (χ0n) is 10.7. The lowest BCUT2D eigenvalue weighted by Gasteiger charge is -2.20. The maximum absolute atomic E-state index is 9.55. The van der Waals surface area contributed by atoms with Crippen LogP contribution in [0.1, 0.15) is 5.56 Å². The molecule has 1 unspecified atom stereocenters. The van der Waals surface area contributed by atoms with E-state index in [1.807, 2.05) is 13.1 Å². The van der Waals surface area contributed by atoms with Crippen LogP contribution in [0.15, 0.2) is 42.5 Å². The Morgan fingerprint density at radius 3 is 2.67 bits per heavy atom. The first-order chi connectivity index (χ1) is 8.70. The smallest absolute Gasteiger partial charge is 0.0789 e. The molecular weight excluding hydrogens is 224 g/mol. The van der Waals surface area contributed by atoms with Crippen molar-refractivity contribution in [3.8, 4) is 0 Å². The van der Waals surface area contributed by atoms with E-state index in [0.717, 1.165) is 6.54 Å². The van der Waals surface area contributed by atoms with E-state index in [0.29, 0.717) is 13.1 Å². The van der Waals surface area contributed by atoms with Gasteiger partial charge in [-0.25, -0.2) is 0 Å². The Morgan fingerprint density at radius 2 is 1.89 bits per heavy atom. The molecule has 0 aromatic heterocycles. The number of fused-ring (bicyclic) bond motifs is 1. The fraction of sp³-hybridized carbons (Fsp3) is 0.333. The quantitative estimate of drug-likeness (QED) is 0.839. The number of hydrogen-bond acceptors (Lipinski definition) is 3. The topological polar surface area (TPSA) is 49.5 Å². The van der Waals surface area contributed by atoms with Gasteiger partial charge in [0.2, 0.25) is 0 Å². The van der Waals surface area contributed by atoms with Crippen LogP contribution in [0, 0.1) is 0 Å². The van der Waals surface area contributed by atoms with Gasteiger partial charge in [-0.05, 0) is 23.4 Å². The maximum atomic E-state index is 9.55. The van der Waals surface area contributed by atoms with Crippen LogP contribution < -0.4 is 5.73 Å². The highest BCUT2D eigenvalue weighted by atomic mass is 16.3. The molecule has 0 spiro atoms. The van der Waals surface area contributed by atoms with E-state index in [1.54, 1.807) is 0 Å². The Morgan fingerprint density at radius 1 is 1.17 bits per heavy atom. The number of hydrogen-bond donors (Lipinski definition) is 2. The van der Waals surface area contributed by atoms with Gasteiger partial charge in [-0.3, -0.25) is 4.90 Å². The van der Waals surface area contributed by atoms with Crippen molar-refractivity contribution in [1.82, 2.24) is 4.90 Å². The highest BCUT2D eigenvalue weighted by Gasteiger charge is 2.08. The van der Waals surface area contributed by atoms with Gasteiger partial charge in [0.1, 0.15) is 0 Å². The summed E-state index contributed by atoms with van der Waals surface area (Å²) in [6.45, 7) is 1.72. The van der Waals surface area contributed by atoms with Crippen LogP contribution in [0.25, 0.3) is 10.8 Å². The van der Waals surface area contributed by atoms with E-state index in [9.17, 15) is 5.11 Å². The summed E-state index contributed by atoms with van der Waals surface area (Å²) in [5, 5.41) is 12.1. The molecule has 96 valence electrons. The highest BCUT2D eigenvalue weighted by Crippen LogP contribution is 2.19. The number of likely N-dealkylation sites (N-methyl/N-ethyl adjacent to an activating group) is 1. The van der Waals surface area contributed by atoms with Gasteiger partial charge < -0.3 is 10.8 Å². The zero-order valence-corrected chi connectivity index (χ0v) is 10.7. The molecule has 3 nitrogen and oxygen atoms in total. The van der Waals surface area contributed by atoms with Gasteiger partial charge in [-0.1, -0.05) is 42.5 Å². The second-order valence-corrected chi connectivity index (χ2v) is 4.72. The molecule has 1 atom stereocenters. The molecule has 0 aliphatic carbocycles. The van der Waals surface area contributed by atoms with Gasteiger partial charge in [0.25, 0.3) is 0 Å². The SMILES string of the molecule is CN(Cc1cccc2ccccc12)CC(O)CN. The van der Waals surface area contributed by atoms with E-state index < -0.39 is 6.10 Å². The summed E-state index contributed by atoms with van der Waals surface area (Å²) in [7, 11) is 2.00. The van der Waals surface area contributed by atoms with Crippen LogP contribution in [-0.4, -0.2) is 36.2 Å². The van der Waals surface area contributed by atoms with Gasteiger partial charge in [-0.15, -0.1) is 0 Å². The van der Waals surface area contributed by atoms with Gasteiger partial charge in [-0.2, -0.15) is 0 Å². The van der Waals surface area contributed by atoms with Gasteiger partial charge in [0.05, 0.1) is 6.10 Å². The molecular formula is C15H20N2O. The molecule has 2 aromatic rings. The van der Waals surface area contributed by atoms with E-state index in [-0.39, 0.29) is 0 Å². The molecule has 3 heteroatoms. The van der Waals surface area contributed by atoms with Crippen molar-refractivity contribution >= 4 is 10.8 Å². The lowest BCUT2D eigenvalue weighted by Crippen LogP contribution is -2.33. The zero-order chi connectivity index (χ0) is 13.0. The van der Waals surface area contributed by atoms with Crippen molar-refractivity contribution in [2.24, 2.45) is 5.73 Å². The van der Waals surface area contributed by atoms with Crippen LogP contribution in [-0.2, 0) is 6.54 Å². The first-order valence-corrected chi connectivity index (χ1v) is 6.24. The summed E-state index contributed by atoms with van der Waals surface area (Å²) < 4.78 is 0. The summed E-state index contributed by atoms with van der Waals surface area (Å²) in [4.78, 5) is 2.10. The fourth-order valence-electron chi connectivity index (χ4n) is 2.22. The molecule has 0 bridgehead atoms. The summed E-state index contributed by atoms with van der Waals surface area (Å²) in [6.07, 6.45) is -0.454. The van der Waals surface area contributed by atoms with Crippen molar-refractivity contribution in [1.29, 1.82) is 0 Å². The normalized spacial score (nSPS) is 13.1. The van der Waals surface area contributed by atoms with E-state index >= 15 is 0 Å². The van der Waals surface area contributed by atoms with Crippen LogP contribution in [0.4, 0.5) is 0 Å². The third-order valence-electron chi connectivity index (χ3n) is 3.11. The first-order valence-electron chi connectivity index (χ1n) is 6.24. The number of rotatable bonds is 5. The molecule has 0 aliphatic heterocycles. The van der Waals surface area contributed by atoms with Crippen LogP contribution in [0.2, 0.25) is 0 Å². The molecule has 0 radical (unpaired) electrons. The lowest BCUT2D eigenvalue weighted by molar-refractivity contribution is 0.129. The van der Waals surface area contributed by atoms with Crippen molar-refractivity contribution in [2.45, 2.75) is 12.6 Å². The maximum Gasteiger partial charge on any atom is 0.0789 e. The molecule has 0 saturated heterocycles. The monoisotopic (exact) mass is 244 g/mol. The molecule has 18 heavy (non-hydrogen) atoms. The van der Waals surface area contributed by atoms with E-state index in [4.69, 9.17) is 5.73 Å². The third kappa shape index (κ3) is 3.07. The largest absolute Gasteiger partial charge is 0.390 e. The van der Waals surface area contributed by atoms with Gasteiger partial charge in [0.15, 0.2) is 0 Å². The summed E-state index contributed by atoms with van der Waals surface area (Å²) in [5.41, 5.74) is 6.71. The molecule has 0 saturated carbocycles. The molecule has 0 heterocycles. The van der Waals surface area contributed by atoms with Crippen LogP contribution in [0.5, 0.6) is 0 Å². The fourth-order valence-corrected chi connectivity index (χ4v) is 2.22. The number of aliphatic hydroxyl groups is 1. The Hall–Kier alpha value is -1.42. The standard InChI is InChI=1S/C15H20N2O/c1-17(11-14(18)9-16)10-13-7-4-6-12-5-2-3-8-15(12)13/h2-8,14,18H,9-11,16H2,1H3. The summed E-state index contributed by atoms with van der Waals surface area (Å²) >= 11 is 0. The van der Waals surface area contributed by atoms with Crippen molar-refractivity contribution in [3.63, 3.8) is 0 Å². The molecule has 3 N–H and O–H groups in total. The van der Waals surface area contributed by atoms with E-state index in [1.165, 1.54) is 16.3 Å². The van der Waals surface area contributed by atoms with Crippen molar-refractivity contribution in [3.05, 3.63) is 48.0 Å². The lowest BCUT2D eigenvalue weighted by atomic mass is 10.0. The average molecular weight is 244 g/mol. The van der Waals surface area contributed by atoms with E-state index in [2.05, 4.69) is 41.3 Å². The Kier molecular flexibility index (Phi) is 4.31. The minimum absolute atomic E-state index is 0.305. The second-order valence-electron chi connectivity index (χ2n) is 4.72. The third-order valence-corrected chi connectivity index (χ3v) is 3.11. The second kappa shape index (κ2) is 5.96. The molecule has 0 aliphatic rings. The predicted molar refractivity (Wildman–Crippen MR) is 75.3 cm³/mol. The Labute approximate surface area is 108 Å². The molecule has 2 rings (SSSR count). The van der Waals surface area contributed by atoms with Crippen LogP contribution in [0.3, 0.4) is 0 Å². The first kappa shape index (κ1) is 13.0. The molecule has 0 amide bonds. The highest BCUT2D eigenvalue weighted by molar-refractivity contribution is 5.85. The summed E-state index contributed by atoms with van der Waals surface area (Å²) in [5.74, 6) is 0. The van der Waals surface area contributed by atoms with Gasteiger partial charge >= 0.3 is 0 Å². The number of aliphatic hydroxyl groups excluding tert-OH is 1. The number of nitrogens with two attached hydrogens (primary N) is 1. The van der Waals surface area contributed by atoms with Gasteiger partial charge in [0, 0.05) is 19.6 Å².